The molecule has 0 amide bonds. The van der Waals surface area contributed by atoms with E-state index in [0.29, 0.717) is 0 Å². The highest BCUT2D eigenvalue weighted by Crippen LogP contribution is 2.36. The van der Waals surface area contributed by atoms with Crippen LogP contribution < -0.4 is 0 Å². The second-order valence-corrected chi connectivity index (χ2v) is 9.23. The van der Waals surface area contributed by atoms with Crippen molar-refractivity contribution in [1.82, 2.24) is 15.0 Å². The molecular weight excluding hydrogens is 406 g/mol. The molecule has 5 aromatic rings. The quantitative estimate of drug-likeness (QED) is 0.304. The van der Waals surface area contributed by atoms with Crippen molar-refractivity contribution in [3.63, 3.8) is 0 Å². The number of thiophene rings is 2. The highest BCUT2D eigenvalue weighted by Gasteiger charge is 2.11. The topological polar surface area (TPSA) is 38.7 Å². The Morgan fingerprint density at radius 3 is 1.13 bits per heavy atom. The summed E-state index contributed by atoms with van der Waals surface area (Å²) in [7, 11) is 0. The van der Waals surface area contributed by atoms with Gasteiger partial charge in [-0.1, -0.05) is 18.2 Å². The molecule has 0 saturated heterocycles. The van der Waals surface area contributed by atoms with Crippen molar-refractivity contribution in [3.05, 3.63) is 90.3 Å². The average molecular weight is 426 g/mol. The van der Waals surface area contributed by atoms with E-state index >= 15 is 0 Å². The Hall–Kier alpha value is -3.15. The first kappa shape index (κ1) is 18.9. The molecule has 0 spiro atoms. The van der Waals surface area contributed by atoms with Crippen LogP contribution in [-0.2, 0) is 0 Å². The number of nitrogens with zero attached hydrogens (tertiary/aromatic N) is 3. The minimum Gasteiger partial charge on any atom is -0.252 e. The van der Waals surface area contributed by atoms with Crippen LogP contribution >= 0.6 is 22.7 Å². The summed E-state index contributed by atoms with van der Waals surface area (Å²) in [5, 5.41) is 0. The molecule has 0 unspecified atom stereocenters. The van der Waals surface area contributed by atoms with Crippen LogP contribution in [0.15, 0.2) is 78.9 Å². The van der Waals surface area contributed by atoms with Crippen molar-refractivity contribution in [2.45, 2.75) is 13.8 Å². The number of aromatic nitrogens is 3. The lowest BCUT2D eigenvalue weighted by Crippen LogP contribution is -1.84. The maximum Gasteiger partial charge on any atom is 0.0809 e. The Morgan fingerprint density at radius 1 is 0.433 bits per heavy atom. The van der Waals surface area contributed by atoms with Crippen molar-refractivity contribution < 1.29 is 0 Å². The van der Waals surface area contributed by atoms with E-state index in [0.717, 1.165) is 53.7 Å². The van der Waals surface area contributed by atoms with Crippen LogP contribution in [0.3, 0.4) is 0 Å². The molecule has 0 radical (unpaired) electrons. The van der Waals surface area contributed by atoms with Crippen molar-refractivity contribution in [2.75, 3.05) is 0 Å². The van der Waals surface area contributed by atoms with Crippen molar-refractivity contribution in [2.24, 2.45) is 0 Å². The molecule has 0 aliphatic carbocycles. The van der Waals surface area contributed by atoms with Crippen molar-refractivity contribution >= 4 is 22.7 Å². The molecule has 0 atom stereocenters. The highest BCUT2D eigenvalue weighted by molar-refractivity contribution is 7.19. The van der Waals surface area contributed by atoms with Crippen LogP contribution in [0.2, 0.25) is 0 Å². The molecule has 0 aromatic carbocycles. The van der Waals surface area contributed by atoms with Gasteiger partial charge in [0.05, 0.1) is 42.3 Å². The van der Waals surface area contributed by atoms with Gasteiger partial charge >= 0.3 is 0 Å². The molecule has 146 valence electrons. The van der Waals surface area contributed by atoms with E-state index < -0.39 is 0 Å². The van der Waals surface area contributed by atoms with Crippen molar-refractivity contribution in [1.29, 1.82) is 0 Å². The number of hydrogen-bond acceptors (Lipinski definition) is 5. The summed E-state index contributed by atoms with van der Waals surface area (Å²) in [5.41, 5.74) is 6.05. The fourth-order valence-corrected chi connectivity index (χ4v) is 5.19. The average Bonchev–Trinajstić information content (AvgIpc) is 3.44. The Bertz CT molecular complexity index is 1230. The van der Waals surface area contributed by atoms with Gasteiger partial charge in [-0.3, -0.25) is 9.97 Å². The maximum atomic E-state index is 4.94. The molecule has 5 heteroatoms. The molecule has 3 nitrogen and oxygen atoms in total. The second kappa shape index (κ2) is 7.94. The van der Waals surface area contributed by atoms with Gasteiger partial charge in [0.15, 0.2) is 0 Å². The molecular formula is C25H19N3S2. The third kappa shape index (κ3) is 3.82. The van der Waals surface area contributed by atoms with Crippen molar-refractivity contribution in [3.8, 4) is 42.3 Å². The number of rotatable bonds is 4. The smallest absolute Gasteiger partial charge is 0.0809 e. The predicted molar refractivity (Wildman–Crippen MR) is 127 cm³/mol. The van der Waals surface area contributed by atoms with E-state index in [-0.39, 0.29) is 0 Å². The zero-order valence-corrected chi connectivity index (χ0v) is 18.3. The molecule has 5 aromatic heterocycles. The fourth-order valence-electron chi connectivity index (χ4n) is 3.30. The van der Waals surface area contributed by atoms with Gasteiger partial charge in [-0.25, -0.2) is 4.98 Å². The Labute approximate surface area is 183 Å². The highest BCUT2D eigenvalue weighted by atomic mass is 32.1. The van der Waals surface area contributed by atoms with E-state index in [1.807, 2.05) is 38.1 Å². The molecule has 0 N–H and O–H groups in total. The van der Waals surface area contributed by atoms with Crippen LogP contribution in [0.25, 0.3) is 42.3 Å². The van der Waals surface area contributed by atoms with Gasteiger partial charge in [-0.2, -0.15) is 0 Å². The molecule has 0 bridgehead atoms. The SMILES string of the molecule is Cc1cccc(-c2ccc(-c3cccc(-c4ccc(-c5cccc(C)n5)s4)n3)s2)n1. The van der Waals surface area contributed by atoms with Crippen LogP contribution in [0.5, 0.6) is 0 Å². The lowest BCUT2D eigenvalue weighted by atomic mass is 10.2. The zero-order valence-electron chi connectivity index (χ0n) is 16.7. The number of pyridine rings is 3. The first-order valence-electron chi connectivity index (χ1n) is 9.71. The van der Waals surface area contributed by atoms with E-state index in [2.05, 4.69) is 64.6 Å². The molecule has 0 aliphatic rings. The van der Waals surface area contributed by atoms with Crippen LogP contribution in [0.4, 0.5) is 0 Å². The summed E-state index contributed by atoms with van der Waals surface area (Å²) < 4.78 is 0. The fraction of sp³-hybridized carbons (Fsp3) is 0.0800. The first-order valence-corrected chi connectivity index (χ1v) is 11.3. The van der Waals surface area contributed by atoms with Gasteiger partial charge in [0.1, 0.15) is 0 Å². The second-order valence-electron chi connectivity index (χ2n) is 7.06. The lowest BCUT2D eigenvalue weighted by Gasteiger charge is -2.02. The molecule has 5 heterocycles. The molecule has 0 saturated carbocycles. The number of aryl methyl sites for hydroxylation is 2. The summed E-state index contributed by atoms with van der Waals surface area (Å²) in [6.07, 6.45) is 0. The molecule has 0 aliphatic heterocycles. The minimum atomic E-state index is 0.986. The summed E-state index contributed by atoms with van der Waals surface area (Å²) in [5.74, 6) is 0. The van der Waals surface area contributed by atoms with E-state index in [1.165, 1.54) is 0 Å². The standard InChI is InChI=1S/C25H19N3S2/c1-16-6-3-8-18(26-16)22-12-14-24(29-22)20-10-5-11-21(28-20)25-15-13-23(30-25)19-9-4-7-17(2)27-19/h3-15H,1-2H3. The van der Waals surface area contributed by atoms with Crippen LogP contribution in [0, 0.1) is 13.8 Å². The van der Waals surface area contributed by atoms with E-state index in [9.17, 15) is 0 Å². The molecule has 0 fully saturated rings. The van der Waals surface area contributed by atoms with Gasteiger partial charge in [-0.05, 0) is 74.5 Å². The van der Waals surface area contributed by atoms with Gasteiger partial charge < -0.3 is 0 Å². The maximum absolute atomic E-state index is 4.94. The van der Waals surface area contributed by atoms with E-state index in [1.54, 1.807) is 22.7 Å². The van der Waals surface area contributed by atoms with Crippen LogP contribution in [-0.4, -0.2) is 15.0 Å². The first-order chi connectivity index (χ1) is 14.7. The van der Waals surface area contributed by atoms with Gasteiger partial charge in [0.25, 0.3) is 0 Å². The van der Waals surface area contributed by atoms with Gasteiger partial charge in [-0.15, -0.1) is 22.7 Å². The predicted octanol–water partition coefficient (Wildman–Crippen LogP) is 7.28. The lowest BCUT2D eigenvalue weighted by molar-refractivity contribution is 1.21. The monoisotopic (exact) mass is 425 g/mol. The van der Waals surface area contributed by atoms with Crippen LogP contribution in [0.1, 0.15) is 11.4 Å². The summed E-state index contributed by atoms with van der Waals surface area (Å²) in [4.78, 5) is 18.8. The Balaban J connectivity index is 1.46. The van der Waals surface area contributed by atoms with E-state index in [4.69, 9.17) is 4.98 Å². The third-order valence-electron chi connectivity index (χ3n) is 4.75. The Kier molecular flexibility index (Phi) is 4.99. The van der Waals surface area contributed by atoms with Gasteiger partial charge in [0.2, 0.25) is 0 Å². The molecule has 30 heavy (non-hydrogen) atoms. The summed E-state index contributed by atoms with van der Waals surface area (Å²) in [6, 6.07) is 27.0. The summed E-state index contributed by atoms with van der Waals surface area (Å²) in [6.45, 7) is 4.04. The minimum absolute atomic E-state index is 0.986. The number of hydrogen-bond donors (Lipinski definition) is 0. The Morgan fingerprint density at radius 2 is 0.767 bits per heavy atom. The zero-order chi connectivity index (χ0) is 20.5. The normalized spacial score (nSPS) is 11.0. The van der Waals surface area contributed by atoms with Gasteiger partial charge in [0, 0.05) is 11.4 Å². The summed E-state index contributed by atoms with van der Waals surface area (Å²) >= 11 is 3.45. The largest absolute Gasteiger partial charge is 0.252 e. The molecule has 5 rings (SSSR count). The third-order valence-corrected chi connectivity index (χ3v) is 7.01.